The van der Waals surface area contributed by atoms with E-state index in [2.05, 4.69) is 33.8 Å². The van der Waals surface area contributed by atoms with Crippen LogP contribution in [0.3, 0.4) is 0 Å². The van der Waals surface area contributed by atoms with Gasteiger partial charge in [-0.25, -0.2) is 9.59 Å². The van der Waals surface area contributed by atoms with Crippen LogP contribution < -0.4 is 4.74 Å². The van der Waals surface area contributed by atoms with Gasteiger partial charge in [0, 0.05) is 20.2 Å². The maximum absolute atomic E-state index is 12.9. The fourth-order valence-electron chi connectivity index (χ4n) is 7.81. The number of rotatable bonds is 18. The van der Waals surface area contributed by atoms with Gasteiger partial charge in [-0.15, -0.1) is 0 Å². The van der Waals surface area contributed by atoms with Crippen molar-refractivity contribution in [2.24, 2.45) is 17.8 Å². The van der Waals surface area contributed by atoms with E-state index in [1.165, 1.54) is 35.3 Å². The Balaban J connectivity index is 1.47. The molecular weight excluding hydrogens is 607 g/mol. The molecule has 0 spiro atoms. The van der Waals surface area contributed by atoms with Crippen LogP contribution in [0.4, 0.5) is 4.79 Å². The summed E-state index contributed by atoms with van der Waals surface area (Å²) < 4.78 is 24.8. The molecule has 2 aromatic carbocycles. The zero-order valence-electron chi connectivity index (χ0n) is 29.8. The van der Waals surface area contributed by atoms with E-state index in [9.17, 15) is 9.59 Å². The molecule has 1 unspecified atom stereocenters. The van der Waals surface area contributed by atoms with Crippen molar-refractivity contribution in [3.63, 3.8) is 0 Å². The van der Waals surface area contributed by atoms with Crippen LogP contribution in [0, 0.1) is 17.8 Å². The summed E-state index contributed by atoms with van der Waals surface area (Å²) in [6, 6.07) is 19.3. The number of nitrogens with zero attached hydrogens (tertiary/aromatic N) is 1. The highest BCUT2D eigenvalue weighted by molar-refractivity contribution is 6.73. The molecule has 0 saturated heterocycles. The first-order chi connectivity index (χ1) is 22.7. The van der Waals surface area contributed by atoms with Crippen molar-refractivity contribution < 1.29 is 28.2 Å². The average Bonchev–Trinajstić information content (AvgIpc) is 3.42. The largest absolute Gasteiger partial charge is 0.482 e. The van der Waals surface area contributed by atoms with E-state index in [-0.39, 0.29) is 43.4 Å². The van der Waals surface area contributed by atoms with Crippen LogP contribution >= 0.6 is 0 Å². The first-order valence-corrected chi connectivity index (χ1v) is 20.7. The van der Waals surface area contributed by atoms with Gasteiger partial charge in [0.15, 0.2) is 14.9 Å². The van der Waals surface area contributed by atoms with Crippen molar-refractivity contribution >= 4 is 20.4 Å². The number of ether oxygens (including phenoxy) is 3. The number of unbranched alkanes of at least 4 members (excludes halogenated alkanes) is 2. The van der Waals surface area contributed by atoms with Gasteiger partial charge < -0.3 is 23.5 Å². The molecule has 0 aromatic heterocycles. The third-order valence-electron chi connectivity index (χ3n) is 10.8. The summed E-state index contributed by atoms with van der Waals surface area (Å²) in [6.45, 7) is 9.30. The van der Waals surface area contributed by atoms with Crippen molar-refractivity contribution in [3.8, 4) is 5.75 Å². The number of benzene rings is 2. The van der Waals surface area contributed by atoms with Crippen molar-refractivity contribution in [3.05, 3.63) is 65.2 Å². The third-order valence-corrected chi connectivity index (χ3v) is 15.5. The summed E-state index contributed by atoms with van der Waals surface area (Å²) in [4.78, 5) is 26.9. The Morgan fingerprint density at radius 3 is 2.34 bits per heavy atom. The molecule has 2 aliphatic carbocycles. The molecule has 1 saturated carbocycles. The van der Waals surface area contributed by atoms with Crippen molar-refractivity contribution in [2.75, 3.05) is 20.7 Å². The molecule has 8 heteroatoms. The molecule has 0 N–H and O–H groups in total. The van der Waals surface area contributed by atoms with Gasteiger partial charge in [-0.05, 0) is 97.2 Å². The summed E-state index contributed by atoms with van der Waals surface area (Å²) in [5, 5.41) is 0. The predicted molar refractivity (Wildman–Crippen MR) is 190 cm³/mol. The molecule has 260 valence electrons. The lowest BCUT2D eigenvalue weighted by atomic mass is 9.73. The monoisotopic (exact) mass is 665 g/mol. The first-order valence-electron chi connectivity index (χ1n) is 18.2. The second-order valence-corrected chi connectivity index (χ2v) is 18.7. The summed E-state index contributed by atoms with van der Waals surface area (Å²) >= 11 is 0. The Bertz CT molecular complexity index is 1260. The van der Waals surface area contributed by atoms with Crippen LogP contribution in [0.25, 0.3) is 0 Å². The Morgan fingerprint density at radius 1 is 0.915 bits per heavy atom. The van der Waals surface area contributed by atoms with Gasteiger partial charge >= 0.3 is 12.1 Å². The lowest BCUT2D eigenvalue weighted by Gasteiger charge is -2.36. The summed E-state index contributed by atoms with van der Waals surface area (Å²) in [5.41, 5.74) is 3.40. The Kier molecular flexibility index (Phi) is 14.2. The highest BCUT2D eigenvalue weighted by atomic mass is 28.4. The van der Waals surface area contributed by atoms with E-state index in [0.717, 1.165) is 68.0 Å². The summed E-state index contributed by atoms with van der Waals surface area (Å²) in [5.74, 6) is 1.47. The second-order valence-electron chi connectivity index (χ2n) is 13.9. The summed E-state index contributed by atoms with van der Waals surface area (Å²) in [6.07, 6.45) is 9.31. The van der Waals surface area contributed by atoms with E-state index in [0.29, 0.717) is 11.8 Å². The maximum atomic E-state index is 12.9. The molecule has 4 rings (SSSR count). The van der Waals surface area contributed by atoms with Gasteiger partial charge in [0.05, 0.1) is 0 Å². The van der Waals surface area contributed by atoms with Crippen molar-refractivity contribution in [1.29, 1.82) is 0 Å². The molecule has 0 aliphatic heterocycles. The smallest absolute Gasteiger partial charge is 0.409 e. The van der Waals surface area contributed by atoms with Crippen molar-refractivity contribution in [1.82, 2.24) is 4.90 Å². The van der Waals surface area contributed by atoms with E-state index in [1.807, 2.05) is 42.5 Å². The van der Waals surface area contributed by atoms with Crippen LogP contribution in [0.5, 0.6) is 5.75 Å². The minimum atomic E-state index is -1.74. The van der Waals surface area contributed by atoms with E-state index >= 15 is 0 Å². The Labute approximate surface area is 284 Å². The Hall–Kier alpha value is -2.84. The molecule has 0 heterocycles. The molecule has 47 heavy (non-hydrogen) atoms. The lowest BCUT2D eigenvalue weighted by molar-refractivity contribution is -0.147. The zero-order valence-corrected chi connectivity index (χ0v) is 30.8. The average molecular weight is 666 g/mol. The maximum Gasteiger partial charge on any atom is 0.409 e. The van der Waals surface area contributed by atoms with Gasteiger partial charge in [-0.2, -0.15) is 0 Å². The highest BCUT2D eigenvalue weighted by Gasteiger charge is 2.47. The molecule has 0 radical (unpaired) electrons. The predicted octanol–water partition coefficient (Wildman–Crippen LogP) is 8.98. The lowest BCUT2D eigenvalue weighted by Crippen LogP contribution is -2.40. The summed E-state index contributed by atoms with van der Waals surface area (Å²) in [7, 11) is 1.77. The van der Waals surface area contributed by atoms with Crippen LogP contribution in [0.1, 0.15) is 89.3 Å². The zero-order chi connectivity index (χ0) is 33.8. The number of amides is 1. The fourth-order valence-corrected chi connectivity index (χ4v) is 10.8. The molecule has 7 nitrogen and oxygen atoms in total. The van der Waals surface area contributed by atoms with Gasteiger partial charge in [-0.1, -0.05) is 89.4 Å². The minimum absolute atomic E-state index is 0.117. The van der Waals surface area contributed by atoms with E-state index in [4.69, 9.17) is 18.6 Å². The van der Waals surface area contributed by atoms with E-state index in [1.54, 1.807) is 14.1 Å². The quantitative estimate of drug-likeness (QED) is 0.0899. The highest BCUT2D eigenvalue weighted by Crippen LogP contribution is 2.50. The first kappa shape index (κ1) is 37.0. The normalized spacial score (nSPS) is 21.0. The number of esters is 1. The molecule has 5 atom stereocenters. The Morgan fingerprint density at radius 2 is 1.66 bits per heavy atom. The van der Waals surface area contributed by atoms with Gasteiger partial charge in [0.25, 0.3) is 0 Å². The molecule has 1 amide bonds. The third kappa shape index (κ3) is 10.1. The van der Waals surface area contributed by atoms with Gasteiger partial charge in [-0.3, -0.25) is 0 Å². The number of hydrogen-bond donors (Lipinski definition) is 0. The van der Waals surface area contributed by atoms with E-state index < -0.39 is 8.32 Å². The van der Waals surface area contributed by atoms with Gasteiger partial charge in [0.2, 0.25) is 0 Å². The van der Waals surface area contributed by atoms with Crippen LogP contribution in [-0.2, 0) is 38.1 Å². The number of fused-ring (bicyclic) bond motifs is 2. The molecule has 2 aromatic rings. The number of carbonyl (C=O) groups excluding carboxylic acids is 2. The topological polar surface area (TPSA) is 74.3 Å². The fraction of sp³-hybridized carbons (Fsp3) is 0.641. The van der Waals surface area contributed by atoms with Gasteiger partial charge in [0.1, 0.15) is 18.5 Å². The number of carbonyl (C=O) groups is 2. The van der Waals surface area contributed by atoms with Crippen LogP contribution in [0.2, 0.25) is 18.1 Å². The SMILES string of the molecule is CCCCCC(CC[C@@H]1[C@H]2Cc3cccc(OCC(=O)OCc4ccccc4)c3C[C@H]2C[C@H]1OC(=O)N(C)C)O[Si](CC)(CC)CC. The molecule has 2 aliphatic rings. The van der Waals surface area contributed by atoms with Crippen LogP contribution in [-0.4, -0.2) is 58.2 Å². The molecule has 1 fully saturated rings. The molecular formula is C39H59NO6Si. The van der Waals surface area contributed by atoms with Crippen molar-refractivity contribution in [2.45, 2.75) is 122 Å². The minimum Gasteiger partial charge on any atom is -0.482 e. The van der Waals surface area contributed by atoms with Crippen LogP contribution in [0.15, 0.2) is 48.5 Å². The molecule has 0 bridgehead atoms. The second kappa shape index (κ2) is 18.1. The number of hydrogen-bond acceptors (Lipinski definition) is 6. The standard InChI is InChI=1S/C39H59NO6Si/c1-7-11-13-20-32(46-47(8-2,9-3)10-4)22-23-33-34-24-30-19-16-21-36(43-28-38(41)44-27-29-17-14-12-15-18-29)35(30)25-31(34)26-37(33)45-39(42)40(5)6/h12,14-19,21,31-34,37H,7-11,13,20,22-28H2,1-6H3/t31-,32?,33+,34-,37+/m0/s1.